The number of hydrogen-bond donors (Lipinski definition) is 1. The molecule has 0 atom stereocenters. The number of nitrogens with zero attached hydrogens (tertiary/aromatic N) is 1. The number of carboxylic acid groups (broad SMARTS) is 1. The molecule has 0 saturated carbocycles. The largest absolute Gasteiger partial charge is 0.481 e. The van der Waals surface area contributed by atoms with Crippen LogP contribution in [0.4, 0.5) is 0 Å². The number of amides is 1. The average molecular weight is 263 g/mol. The van der Waals surface area contributed by atoms with E-state index in [9.17, 15) is 9.59 Å². The van der Waals surface area contributed by atoms with Crippen LogP contribution in [-0.4, -0.2) is 35.5 Å². The Kier molecular flexibility index (Phi) is 5.55. The van der Waals surface area contributed by atoms with Crippen molar-refractivity contribution < 1.29 is 14.7 Å². The van der Waals surface area contributed by atoms with Crippen molar-refractivity contribution in [1.29, 1.82) is 0 Å². The molecule has 0 aliphatic carbocycles. The molecule has 0 heterocycles. The Bertz CT molecular complexity index is 468. The maximum absolute atomic E-state index is 11.7. The molecule has 0 spiro atoms. The highest BCUT2D eigenvalue weighted by Crippen LogP contribution is 2.12. The van der Waals surface area contributed by atoms with Crippen LogP contribution in [-0.2, 0) is 16.0 Å². The first kappa shape index (κ1) is 15.2. The van der Waals surface area contributed by atoms with Gasteiger partial charge in [-0.1, -0.05) is 23.8 Å². The number of benzene rings is 1. The first-order chi connectivity index (χ1) is 8.90. The van der Waals surface area contributed by atoms with Crippen LogP contribution in [0, 0.1) is 13.8 Å². The molecule has 1 aromatic rings. The van der Waals surface area contributed by atoms with Gasteiger partial charge in [-0.2, -0.15) is 0 Å². The van der Waals surface area contributed by atoms with Crippen molar-refractivity contribution in [3.8, 4) is 0 Å². The number of hydrogen-bond acceptors (Lipinski definition) is 2. The predicted octanol–water partition coefficient (Wildman–Crippen LogP) is 2.17. The molecule has 1 rings (SSSR count). The van der Waals surface area contributed by atoms with Gasteiger partial charge in [-0.3, -0.25) is 9.59 Å². The zero-order chi connectivity index (χ0) is 14.4. The standard InChI is InChI=1S/C15H21NO3/c1-11-4-5-12(2)13(10-11)8-9-16(3)14(17)6-7-15(18)19/h4-5,10H,6-9H2,1-3H3,(H,18,19). The normalized spacial score (nSPS) is 10.3. The zero-order valence-corrected chi connectivity index (χ0v) is 11.8. The quantitative estimate of drug-likeness (QED) is 0.855. The lowest BCUT2D eigenvalue weighted by atomic mass is 10.0. The SMILES string of the molecule is Cc1ccc(C)c(CCN(C)C(=O)CCC(=O)O)c1. The van der Waals surface area contributed by atoms with E-state index in [0.29, 0.717) is 6.54 Å². The van der Waals surface area contributed by atoms with Crippen LogP contribution >= 0.6 is 0 Å². The first-order valence-corrected chi connectivity index (χ1v) is 6.42. The molecule has 4 nitrogen and oxygen atoms in total. The lowest BCUT2D eigenvalue weighted by molar-refractivity contribution is -0.140. The Balaban J connectivity index is 2.49. The van der Waals surface area contributed by atoms with E-state index in [4.69, 9.17) is 5.11 Å². The van der Waals surface area contributed by atoms with Gasteiger partial charge in [0.05, 0.1) is 6.42 Å². The number of aliphatic carboxylic acids is 1. The minimum atomic E-state index is -0.934. The Morgan fingerprint density at radius 2 is 1.89 bits per heavy atom. The molecule has 19 heavy (non-hydrogen) atoms. The Morgan fingerprint density at radius 3 is 2.53 bits per heavy atom. The topological polar surface area (TPSA) is 57.6 Å². The summed E-state index contributed by atoms with van der Waals surface area (Å²) in [5.74, 6) is -1.05. The van der Waals surface area contributed by atoms with Crippen molar-refractivity contribution in [3.63, 3.8) is 0 Å². The maximum Gasteiger partial charge on any atom is 0.303 e. The number of rotatable bonds is 6. The fourth-order valence-electron chi connectivity index (χ4n) is 1.89. The van der Waals surface area contributed by atoms with Gasteiger partial charge in [0.25, 0.3) is 0 Å². The van der Waals surface area contributed by atoms with Crippen LogP contribution in [0.2, 0.25) is 0 Å². The lowest BCUT2D eigenvalue weighted by Crippen LogP contribution is -2.29. The van der Waals surface area contributed by atoms with Gasteiger partial charge in [0.2, 0.25) is 5.91 Å². The van der Waals surface area contributed by atoms with E-state index < -0.39 is 5.97 Å². The average Bonchev–Trinajstić information content (AvgIpc) is 2.36. The van der Waals surface area contributed by atoms with Crippen molar-refractivity contribution in [2.45, 2.75) is 33.1 Å². The van der Waals surface area contributed by atoms with Crippen LogP contribution < -0.4 is 0 Å². The summed E-state index contributed by atoms with van der Waals surface area (Å²) in [6, 6.07) is 6.28. The van der Waals surface area contributed by atoms with E-state index in [0.717, 1.165) is 6.42 Å². The third-order valence-electron chi connectivity index (χ3n) is 3.20. The van der Waals surface area contributed by atoms with Crippen molar-refractivity contribution in [3.05, 3.63) is 34.9 Å². The van der Waals surface area contributed by atoms with E-state index in [1.807, 2.05) is 6.92 Å². The van der Waals surface area contributed by atoms with Crippen molar-refractivity contribution in [2.24, 2.45) is 0 Å². The minimum absolute atomic E-state index is 0.0681. The van der Waals surface area contributed by atoms with Gasteiger partial charge in [-0.25, -0.2) is 0 Å². The molecule has 0 bridgehead atoms. The van der Waals surface area contributed by atoms with Crippen molar-refractivity contribution in [2.75, 3.05) is 13.6 Å². The summed E-state index contributed by atoms with van der Waals surface area (Å²) in [4.78, 5) is 23.7. The highest BCUT2D eigenvalue weighted by Gasteiger charge is 2.11. The molecule has 0 aliphatic rings. The third kappa shape index (κ3) is 5.12. The van der Waals surface area contributed by atoms with Crippen LogP contribution in [0.5, 0.6) is 0 Å². The molecule has 1 amide bonds. The molecular weight excluding hydrogens is 242 g/mol. The Labute approximate surface area is 114 Å². The summed E-state index contributed by atoms with van der Waals surface area (Å²) in [5, 5.41) is 8.55. The number of carboxylic acids is 1. The molecule has 0 radical (unpaired) electrons. The van der Waals surface area contributed by atoms with Gasteiger partial charge in [0, 0.05) is 20.0 Å². The second kappa shape index (κ2) is 6.92. The van der Waals surface area contributed by atoms with Gasteiger partial charge < -0.3 is 10.0 Å². The number of likely N-dealkylation sites (N-methyl/N-ethyl adjacent to an activating group) is 1. The molecule has 0 fully saturated rings. The van der Waals surface area contributed by atoms with Gasteiger partial charge >= 0.3 is 5.97 Å². The molecule has 0 aliphatic heterocycles. The molecule has 0 unspecified atom stereocenters. The Morgan fingerprint density at radius 1 is 1.21 bits per heavy atom. The zero-order valence-electron chi connectivity index (χ0n) is 11.8. The Hall–Kier alpha value is -1.84. The van der Waals surface area contributed by atoms with E-state index in [-0.39, 0.29) is 18.7 Å². The molecule has 1 N–H and O–H groups in total. The molecule has 0 aromatic heterocycles. The summed E-state index contributed by atoms with van der Waals surface area (Å²) >= 11 is 0. The minimum Gasteiger partial charge on any atom is -0.481 e. The van der Waals surface area contributed by atoms with Crippen LogP contribution in [0.25, 0.3) is 0 Å². The van der Waals surface area contributed by atoms with Crippen LogP contribution in [0.15, 0.2) is 18.2 Å². The summed E-state index contributed by atoms with van der Waals surface area (Å²) < 4.78 is 0. The second-order valence-electron chi connectivity index (χ2n) is 4.89. The highest BCUT2D eigenvalue weighted by atomic mass is 16.4. The van der Waals surface area contributed by atoms with Crippen molar-refractivity contribution >= 4 is 11.9 Å². The van der Waals surface area contributed by atoms with Gasteiger partial charge in [0.1, 0.15) is 0 Å². The van der Waals surface area contributed by atoms with E-state index in [1.54, 1.807) is 11.9 Å². The first-order valence-electron chi connectivity index (χ1n) is 6.42. The predicted molar refractivity (Wildman–Crippen MR) is 74.1 cm³/mol. The summed E-state index contributed by atoms with van der Waals surface area (Å²) in [5.41, 5.74) is 3.66. The fourth-order valence-corrected chi connectivity index (χ4v) is 1.89. The molecule has 4 heteroatoms. The van der Waals surface area contributed by atoms with E-state index >= 15 is 0 Å². The van der Waals surface area contributed by atoms with Gasteiger partial charge in [-0.05, 0) is 31.4 Å². The van der Waals surface area contributed by atoms with Crippen LogP contribution in [0.3, 0.4) is 0 Å². The number of carbonyl (C=O) groups is 2. The van der Waals surface area contributed by atoms with Crippen molar-refractivity contribution in [1.82, 2.24) is 4.90 Å². The summed E-state index contributed by atoms with van der Waals surface area (Å²) in [6.45, 7) is 4.72. The lowest BCUT2D eigenvalue weighted by Gasteiger charge is -2.17. The highest BCUT2D eigenvalue weighted by molar-refractivity contribution is 5.80. The smallest absolute Gasteiger partial charge is 0.303 e. The van der Waals surface area contributed by atoms with E-state index in [1.165, 1.54) is 16.7 Å². The number of aryl methyl sites for hydroxylation is 2. The van der Waals surface area contributed by atoms with Crippen LogP contribution in [0.1, 0.15) is 29.5 Å². The van der Waals surface area contributed by atoms with E-state index in [2.05, 4.69) is 25.1 Å². The monoisotopic (exact) mass is 263 g/mol. The third-order valence-corrected chi connectivity index (χ3v) is 3.20. The summed E-state index contributed by atoms with van der Waals surface area (Å²) in [7, 11) is 1.72. The maximum atomic E-state index is 11.7. The summed E-state index contributed by atoms with van der Waals surface area (Å²) in [6.07, 6.45) is 0.758. The molecular formula is C15H21NO3. The number of carbonyl (C=O) groups excluding carboxylic acids is 1. The molecule has 0 saturated heterocycles. The molecule has 104 valence electrons. The molecule has 1 aromatic carbocycles. The van der Waals surface area contributed by atoms with Gasteiger partial charge in [-0.15, -0.1) is 0 Å². The van der Waals surface area contributed by atoms with Gasteiger partial charge in [0.15, 0.2) is 0 Å². The second-order valence-corrected chi connectivity index (χ2v) is 4.89. The fraction of sp³-hybridized carbons (Fsp3) is 0.467.